The molecule has 138 valence electrons. The van der Waals surface area contributed by atoms with Gasteiger partial charge in [0.1, 0.15) is 6.04 Å². The van der Waals surface area contributed by atoms with E-state index in [1.54, 1.807) is 17.5 Å². The summed E-state index contributed by atoms with van der Waals surface area (Å²) in [5.74, 6) is -1.01. The lowest BCUT2D eigenvalue weighted by atomic mass is 10.2. The number of carbonyl (C=O) groups is 2. The monoisotopic (exact) mass is 413 g/mol. The molecule has 1 aromatic carbocycles. The van der Waals surface area contributed by atoms with E-state index in [9.17, 15) is 18.0 Å². The molecule has 0 unspecified atom stereocenters. The van der Waals surface area contributed by atoms with E-state index in [4.69, 9.17) is 16.3 Å². The largest absolute Gasteiger partial charge is 0.456 e. The molecule has 0 radical (unpaired) electrons. The summed E-state index contributed by atoms with van der Waals surface area (Å²) in [6.45, 7) is -0.172. The number of benzene rings is 1. The van der Waals surface area contributed by atoms with Crippen LogP contribution in [0.25, 0.3) is 0 Å². The molecule has 0 N–H and O–H groups in total. The molecule has 6 nitrogen and oxygen atoms in total. The zero-order valence-corrected chi connectivity index (χ0v) is 16.0. The topological polar surface area (TPSA) is 80.8 Å². The molecule has 1 aliphatic rings. The van der Waals surface area contributed by atoms with E-state index in [1.807, 2.05) is 0 Å². The van der Waals surface area contributed by atoms with E-state index < -0.39 is 28.6 Å². The van der Waals surface area contributed by atoms with Crippen LogP contribution in [0.2, 0.25) is 5.02 Å². The van der Waals surface area contributed by atoms with Crippen molar-refractivity contribution in [3.8, 4) is 0 Å². The van der Waals surface area contributed by atoms with Crippen molar-refractivity contribution in [2.75, 3.05) is 13.2 Å². The number of carbonyl (C=O) groups excluding carboxylic acids is 2. The summed E-state index contributed by atoms with van der Waals surface area (Å²) in [7, 11) is -3.84. The molecule has 0 saturated carbocycles. The molecular weight excluding hydrogens is 398 g/mol. The molecule has 3 rings (SSSR count). The standard InChI is InChI=1S/C17H16ClNO5S2/c18-12-5-7-13(8-6-12)26(22,23)19-9-1-3-14(19)17(21)24-11-15(20)16-4-2-10-25-16/h2,4-8,10,14H,1,3,9,11H2/t14-/m0/s1. The number of rotatable bonds is 6. The maximum Gasteiger partial charge on any atom is 0.324 e. The van der Waals surface area contributed by atoms with Crippen LogP contribution in [0.4, 0.5) is 0 Å². The van der Waals surface area contributed by atoms with Gasteiger partial charge in [-0.25, -0.2) is 8.42 Å². The molecule has 0 bridgehead atoms. The molecule has 0 spiro atoms. The van der Waals surface area contributed by atoms with Crippen LogP contribution in [-0.2, 0) is 19.6 Å². The van der Waals surface area contributed by atoms with Crippen molar-refractivity contribution in [1.82, 2.24) is 4.31 Å². The Balaban J connectivity index is 1.70. The molecule has 1 saturated heterocycles. The number of hydrogen-bond donors (Lipinski definition) is 0. The highest BCUT2D eigenvalue weighted by Gasteiger charge is 2.40. The minimum absolute atomic E-state index is 0.0660. The minimum atomic E-state index is -3.84. The third-order valence-electron chi connectivity index (χ3n) is 4.04. The molecule has 2 aromatic rings. The summed E-state index contributed by atoms with van der Waals surface area (Å²) in [4.78, 5) is 24.9. The number of Topliss-reactive ketones (excluding diaryl/α,β-unsaturated/α-hetero) is 1. The van der Waals surface area contributed by atoms with Gasteiger partial charge in [-0.3, -0.25) is 9.59 Å². The van der Waals surface area contributed by atoms with Crippen LogP contribution < -0.4 is 0 Å². The summed E-state index contributed by atoms with van der Waals surface area (Å²) in [6.07, 6.45) is 0.907. The van der Waals surface area contributed by atoms with Crippen molar-refractivity contribution in [2.45, 2.75) is 23.8 Å². The first-order valence-electron chi connectivity index (χ1n) is 7.90. The highest BCUT2D eigenvalue weighted by atomic mass is 35.5. The Morgan fingerprint density at radius 3 is 2.62 bits per heavy atom. The number of thiophene rings is 1. The van der Waals surface area contributed by atoms with Gasteiger partial charge in [-0.2, -0.15) is 4.31 Å². The molecule has 1 aliphatic heterocycles. The van der Waals surface area contributed by atoms with Crippen LogP contribution in [0, 0.1) is 0 Å². The van der Waals surface area contributed by atoms with Crippen LogP contribution in [-0.4, -0.2) is 43.7 Å². The smallest absolute Gasteiger partial charge is 0.324 e. The van der Waals surface area contributed by atoms with Crippen LogP contribution in [0.5, 0.6) is 0 Å². The first kappa shape index (κ1) is 19.0. The van der Waals surface area contributed by atoms with Crippen molar-refractivity contribution >= 4 is 44.7 Å². The third-order valence-corrected chi connectivity index (χ3v) is 7.12. The maximum absolute atomic E-state index is 12.8. The summed E-state index contributed by atoms with van der Waals surface area (Å²) in [5, 5.41) is 2.18. The minimum Gasteiger partial charge on any atom is -0.456 e. The molecule has 1 fully saturated rings. The Morgan fingerprint density at radius 2 is 1.96 bits per heavy atom. The van der Waals surface area contributed by atoms with Gasteiger partial charge in [0, 0.05) is 11.6 Å². The zero-order chi connectivity index (χ0) is 18.7. The van der Waals surface area contributed by atoms with Crippen molar-refractivity contribution < 1.29 is 22.7 Å². The number of nitrogens with zero attached hydrogens (tertiary/aromatic N) is 1. The van der Waals surface area contributed by atoms with Crippen LogP contribution >= 0.6 is 22.9 Å². The number of ether oxygens (including phenoxy) is 1. The number of sulfonamides is 1. The van der Waals surface area contributed by atoms with Gasteiger partial charge in [-0.05, 0) is 48.6 Å². The zero-order valence-electron chi connectivity index (χ0n) is 13.6. The van der Waals surface area contributed by atoms with Gasteiger partial charge in [-0.15, -0.1) is 11.3 Å². The van der Waals surface area contributed by atoms with E-state index >= 15 is 0 Å². The predicted molar refractivity (Wildman–Crippen MR) is 98.0 cm³/mol. The van der Waals surface area contributed by atoms with Crippen molar-refractivity contribution in [3.05, 3.63) is 51.7 Å². The molecule has 1 aromatic heterocycles. The molecule has 1 atom stereocenters. The van der Waals surface area contributed by atoms with Crippen LogP contribution in [0.15, 0.2) is 46.7 Å². The summed E-state index contributed by atoms with van der Waals surface area (Å²) in [6, 6.07) is 8.23. The second-order valence-corrected chi connectivity index (χ2v) is 9.01. The maximum atomic E-state index is 12.8. The fourth-order valence-electron chi connectivity index (χ4n) is 2.75. The third kappa shape index (κ3) is 3.98. The van der Waals surface area contributed by atoms with Gasteiger partial charge in [0.15, 0.2) is 6.61 Å². The second kappa shape index (κ2) is 7.87. The number of esters is 1. The average molecular weight is 414 g/mol. The Labute approximate surface area is 160 Å². The number of halogens is 1. The molecule has 9 heteroatoms. The number of hydrogen-bond acceptors (Lipinski definition) is 6. The highest BCUT2D eigenvalue weighted by molar-refractivity contribution is 7.89. The van der Waals surface area contributed by atoms with Gasteiger partial charge >= 0.3 is 5.97 Å². The Kier molecular flexibility index (Phi) is 5.76. The molecule has 2 heterocycles. The second-order valence-electron chi connectivity index (χ2n) is 5.74. The van der Waals surface area contributed by atoms with E-state index in [2.05, 4.69) is 0 Å². The predicted octanol–water partition coefficient (Wildman–Crippen LogP) is 2.98. The molecular formula is C17H16ClNO5S2. The number of ketones is 1. The van der Waals surface area contributed by atoms with E-state index in [-0.39, 0.29) is 17.2 Å². The van der Waals surface area contributed by atoms with E-state index in [0.29, 0.717) is 22.7 Å². The average Bonchev–Trinajstić information content (AvgIpc) is 3.31. The lowest BCUT2D eigenvalue weighted by Crippen LogP contribution is -2.41. The molecule has 0 aliphatic carbocycles. The Hall–Kier alpha value is -1.74. The first-order chi connectivity index (χ1) is 12.4. The normalized spacial score (nSPS) is 18.0. The van der Waals surface area contributed by atoms with Gasteiger partial charge in [0.25, 0.3) is 0 Å². The van der Waals surface area contributed by atoms with Gasteiger partial charge < -0.3 is 4.74 Å². The summed E-state index contributed by atoms with van der Waals surface area (Å²) in [5.41, 5.74) is 0. The van der Waals surface area contributed by atoms with Crippen molar-refractivity contribution in [1.29, 1.82) is 0 Å². The summed E-state index contributed by atoms with van der Waals surface area (Å²) >= 11 is 7.06. The van der Waals surface area contributed by atoms with Crippen molar-refractivity contribution in [3.63, 3.8) is 0 Å². The Bertz CT molecular complexity index is 894. The van der Waals surface area contributed by atoms with Crippen molar-refractivity contribution in [2.24, 2.45) is 0 Å². The SMILES string of the molecule is O=C(COC(=O)[C@@H]1CCCN1S(=O)(=O)c1ccc(Cl)cc1)c1cccs1. The van der Waals surface area contributed by atoms with Crippen LogP contribution in [0.1, 0.15) is 22.5 Å². The van der Waals surface area contributed by atoms with Crippen LogP contribution in [0.3, 0.4) is 0 Å². The van der Waals surface area contributed by atoms with Gasteiger partial charge in [-0.1, -0.05) is 17.7 Å². The van der Waals surface area contributed by atoms with Gasteiger partial charge in [0.2, 0.25) is 15.8 Å². The lowest BCUT2D eigenvalue weighted by Gasteiger charge is -2.22. The fourth-order valence-corrected chi connectivity index (χ4v) is 5.17. The van der Waals surface area contributed by atoms with E-state index in [0.717, 1.165) is 4.31 Å². The molecule has 0 amide bonds. The fraction of sp³-hybridized carbons (Fsp3) is 0.294. The summed E-state index contributed by atoms with van der Waals surface area (Å²) < 4.78 is 31.8. The quantitative estimate of drug-likeness (QED) is 0.537. The first-order valence-corrected chi connectivity index (χ1v) is 10.6. The molecule has 26 heavy (non-hydrogen) atoms. The highest BCUT2D eigenvalue weighted by Crippen LogP contribution is 2.27. The van der Waals surface area contributed by atoms with Gasteiger partial charge in [0.05, 0.1) is 9.77 Å². The van der Waals surface area contributed by atoms with E-state index in [1.165, 1.54) is 35.6 Å². The lowest BCUT2D eigenvalue weighted by molar-refractivity contribution is -0.146. The Morgan fingerprint density at radius 1 is 1.23 bits per heavy atom.